The number of carbonyl (C=O) groups is 3. The SMILES string of the molecule is Cc1cc(Oc2ccccc2)ccc1N(C(=O)CCl)[C@@H](C(=O)N1CCN(C(O)OC(C)(C)C)[C@@H](C(=O)NCc2ccccc2)C1)c1cccs1. The van der Waals surface area contributed by atoms with Gasteiger partial charge in [-0.05, 0) is 80.6 Å². The molecule has 5 rings (SSSR count). The number of piperazine rings is 1. The van der Waals surface area contributed by atoms with E-state index >= 15 is 0 Å². The van der Waals surface area contributed by atoms with Crippen LogP contribution in [-0.4, -0.2) is 76.2 Å². The van der Waals surface area contributed by atoms with Crippen LogP contribution in [0, 0.1) is 6.92 Å². The number of para-hydroxylation sites is 1. The molecule has 264 valence electrons. The van der Waals surface area contributed by atoms with Gasteiger partial charge in [-0.15, -0.1) is 22.9 Å². The smallest absolute Gasteiger partial charge is 0.251 e. The van der Waals surface area contributed by atoms with E-state index in [0.717, 1.165) is 5.56 Å². The van der Waals surface area contributed by atoms with Crippen molar-refractivity contribution in [2.45, 2.75) is 58.3 Å². The fourth-order valence-electron chi connectivity index (χ4n) is 5.83. The molecule has 10 nitrogen and oxygen atoms in total. The number of nitrogens with one attached hydrogen (secondary N) is 1. The van der Waals surface area contributed by atoms with E-state index in [1.54, 1.807) is 21.9 Å². The number of aryl methyl sites for hydroxylation is 1. The Balaban J connectivity index is 1.45. The molecule has 1 aliphatic heterocycles. The molecule has 0 spiro atoms. The standard InChI is InChI=1S/C38H43ClN4O6S/c1-26-22-29(48-28-14-9-6-10-15-28)17-18-30(26)43(33(44)23-39)34(32-16-11-21-50-32)36(46)41-19-20-42(37(47)49-38(2,3)4)31(25-41)35(45)40-24-27-12-7-5-8-13-27/h5-18,21-22,31,34,37,47H,19-20,23-25H2,1-4H3,(H,40,45)/t31-,34-,37?/m1/s1. The molecule has 2 heterocycles. The minimum absolute atomic E-state index is 0.0440. The van der Waals surface area contributed by atoms with Gasteiger partial charge >= 0.3 is 0 Å². The number of thiophene rings is 1. The lowest BCUT2D eigenvalue weighted by atomic mass is 10.1. The summed E-state index contributed by atoms with van der Waals surface area (Å²) in [4.78, 5) is 47.4. The van der Waals surface area contributed by atoms with Gasteiger partial charge in [0.1, 0.15) is 29.5 Å². The average Bonchev–Trinajstić information content (AvgIpc) is 3.64. The van der Waals surface area contributed by atoms with Crippen molar-refractivity contribution >= 4 is 46.3 Å². The Morgan fingerprint density at radius 2 is 1.68 bits per heavy atom. The topological polar surface area (TPSA) is 112 Å². The fraction of sp³-hybridized carbons (Fsp3) is 0.342. The Kier molecular flexibility index (Phi) is 12.3. The van der Waals surface area contributed by atoms with E-state index in [9.17, 15) is 19.5 Å². The zero-order chi connectivity index (χ0) is 35.8. The third kappa shape index (κ3) is 9.29. The molecule has 0 aliphatic carbocycles. The van der Waals surface area contributed by atoms with Crippen LogP contribution < -0.4 is 15.0 Å². The number of nitrogens with zero attached hydrogens (tertiary/aromatic N) is 3. The molecule has 12 heteroatoms. The third-order valence-corrected chi connectivity index (χ3v) is 9.34. The van der Waals surface area contributed by atoms with Gasteiger partial charge in [0.2, 0.25) is 18.2 Å². The van der Waals surface area contributed by atoms with Crippen molar-refractivity contribution in [3.63, 3.8) is 0 Å². The summed E-state index contributed by atoms with van der Waals surface area (Å²) in [6.45, 7) is 7.85. The normalized spacial score (nSPS) is 16.4. The van der Waals surface area contributed by atoms with E-state index in [1.165, 1.54) is 16.2 Å². The van der Waals surface area contributed by atoms with Gasteiger partial charge in [0, 0.05) is 36.7 Å². The van der Waals surface area contributed by atoms with Crippen LogP contribution in [0.5, 0.6) is 11.5 Å². The predicted octanol–water partition coefficient (Wildman–Crippen LogP) is 6.08. The Bertz CT molecular complexity index is 1740. The molecule has 3 aromatic carbocycles. The van der Waals surface area contributed by atoms with E-state index < -0.39 is 30.0 Å². The summed E-state index contributed by atoms with van der Waals surface area (Å²) >= 11 is 7.55. The number of anilines is 1. The molecule has 3 amide bonds. The average molecular weight is 719 g/mol. The van der Waals surface area contributed by atoms with E-state index in [1.807, 2.05) is 112 Å². The highest BCUT2D eigenvalue weighted by Crippen LogP contribution is 2.37. The van der Waals surface area contributed by atoms with Crippen LogP contribution in [0.1, 0.15) is 42.8 Å². The Morgan fingerprint density at radius 1 is 0.980 bits per heavy atom. The van der Waals surface area contributed by atoms with Crippen LogP contribution in [-0.2, 0) is 25.7 Å². The van der Waals surface area contributed by atoms with E-state index in [4.69, 9.17) is 21.1 Å². The molecule has 50 heavy (non-hydrogen) atoms. The van der Waals surface area contributed by atoms with Gasteiger partial charge in [-0.25, -0.2) is 4.90 Å². The number of ether oxygens (including phenoxy) is 2. The molecule has 0 bridgehead atoms. The number of hydrogen-bond donors (Lipinski definition) is 2. The summed E-state index contributed by atoms with van der Waals surface area (Å²) in [6.07, 6.45) is -1.39. The van der Waals surface area contributed by atoms with Gasteiger partial charge in [-0.1, -0.05) is 54.6 Å². The largest absolute Gasteiger partial charge is 0.457 e. The lowest BCUT2D eigenvalue weighted by Gasteiger charge is -2.44. The first-order valence-corrected chi connectivity index (χ1v) is 17.8. The van der Waals surface area contributed by atoms with Crippen molar-refractivity contribution in [3.05, 3.63) is 112 Å². The molecule has 1 unspecified atom stereocenters. The van der Waals surface area contributed by atoms with Crippen LogP contribution in [0.2, 0.25) is 0 Å². The second kappa shape index (κ2) is 16.6. The highest BCUT2D eigenvalue weighted by atomic mass is 35.5. The summed E-state index contributed by atoms with van der Waals surface area (Å²) in [7, 11) is 0. The Morgan fingerprint density at radius 3 is 2.30 bits per heavy atom. The first-order chi connectivity index (χ1) is 23.9. The van der Waals surface area contributed by atoms with Crippen molar-refractivity contribution in [2.24, 2.45) is 0 Å². The molecule has 2 N–H and O–H groups in total. The van der Waals surface area contributed by atoms with Crippen molar-refractivity contribution in [3.8, 4) is 11.5 Å². The third-order valence-electron chi connectivity index (χ3n) is 8.18. The van der Waals surface area contributed by atoms with Gasteiger partial charge in [0.25, 0.3) is 5.91 Å². The monoisotopic (exact) mass is 718 g/mol. The number of carbonyl (C=O) groups excluding carboxylic acids is 3. The van der Waals surface area contributed by atoms with Crippen molar-refractivity contribution in [1.29, 1.82) is 0 Å². The second-order valence-electron chi connectivity index (χ2n) is 13.0. The zero-order valence-corrected chi connectivity index (χ0v) is 30.2. The summed E-state index contributed by atoms with van der Waals surface area (Å²) in [5.74, 6) is -0.310. The number of rotatable bonds is 12. The van der Waals surface area contributed by atoms with E-state index in [-0.39, 0.29) is 43.9 Å². The summed E-state index contributed by atoms with van der Waals surface area (Å²) < 4.78 is 11.9. The highest BCUT2D eigenvalue weighted by molar-refractivity contribution is 7.10. The summed E-state index contributed by atoms with van der Waals surface area (Å²) in [5.41, 5.74) is 1.43. The molecule has 0 radical (unpaired) electrons. The number of alkyl halides is 1. The number of aliphatic hydroxyl groups is 1. The fourth-order valence-corrected chi connectivity index (χ4v) is 6.76. The number of halogens is 1. The minimum atomic E-state index is -1.39. The molecule has 4 aromatic rings. The van der Waals surface area contributed by atoms with Gasteiger partial charge in [-0.2, -0.15) is 0 Å². The number of benzene rings is 3. The number of aliphatic hydroxyl groups excluding tert-OH is 1. The van der Waals surface area contributed by atoms with Crippen LogP contribution in [0.15, 0.2) is 96.4 Å². The molecule has 1 aromatic heterocycles. The van der Waals surface area contributed by atoms with Crippen molar-refractivity contribution < 1.29 is 29.0 Å². The maximum absolute atomic E-state index is 14.7. The van der Waals surface area contributed by atoms with E-state index in [2.05, 4.69) is 5.32 Å². The molecule has 1 aliphatic rings. The quantitative estimate of drug-likeness (QED) is 0.135. The lowest BCUT2D eigenvalue weighted by molar-refractivity contribution is -0.253. The van der Waals surface area contributed by atoms with Crippen LogP contribution in [0.25, 0.3) is 0 Å². The predicted molar refractivity (Wildman–Crippen MR) is 195 cm³/mol. The maximum atomic E-state index is 14.7. The minimum Gasteiger partial charge on any atom is -0.457 e. The molecular weight excluding hydrogens is 676 g/mol. The van der Waals surface area contributed by atoms with Crippen molar-refractivity contribution in [2.75, 3.05) is 30.4 Å². The van der Waals surface area contributed by atoms with Crippen LogP contribution in [0.4, 0.5) is 5.69 Å². The lowest BCUT2D eigenvalue weighted by Crippen LogP contribution is -2.64. The number of hydrogen-bond acceptors (Lipinski definition) is 8. The summed E-state index contributed by atoms with van der Waals surface area (Å²) in [6, 6.07) is 25.8. The molecular formula is C38H43ClN4O6S. The van der Waals surface area contributed by atoms with Gasteiger partial charge in [-0.3, -0.25) is 19.3 Å². The Labute approximate surface area is 302 Å². The Hall–Kier alpha value is -4.26. The molecule has 0 saturated carbocycles. The first-order valence-electron chi connectivity index (χ1n) is 16.4. The molecule has 1 saturated heterocycles. The molecule has 1 fully saturated rings. The first kappa shape index (κ1) is 37.0. The highest BCUT2D eigenvalue weighted by Gasteiger charge is 2.43. The molecule has 3 atom stereocenters. The van der Waals surface area contributed by atoms with Crippen LogP contribution >= 0.6 is 22.9 Å². The summed E-state index contributed by atoms with van der Waals surface area (Å²) in [5, 5.41) is 15.9. The van der Waals surface area contributed by atoms with Gasteiger partial charge in [0.05, 0.1) is 5.60 Å². The van der Waals surface area contributed by atoms with Gasteiger partial charge < -0.3 is 24.8 Å². The van der Waals surface area contributed by atoms with E-state index in [0.29, 0.717) is 27.6 Å². The van der Waals surface area contributed by atoms with Crippen LogP contribution in [0.3, 0.4) is 0 Å². The van der Waals surface area contributed by atoms with Crippen molar-refractivity contribution in [1.82, 2.24) is 15.1 Å². The van der Waals surface area contributed by atoms with Gasteiger partial charge in [0.15, 0.2) is 0 Å². The number of amides is 3. The second-order valence-corrected chi connectivity index (χ2v) is 14.2. The maximum Gasteiger partial charge on any atom is 0.251 e. The zero-order valence-electron chi connectivity index (χ0n) is 28.6.